The Balaban J connectivity index is 1.44. The highest BCUT2D eigenvalue weighted by Crippen LogP contribution is 2.35. The van der Waals surface area contributed by atoms with E-state index in [0.29, 0.717) is 13.1 Å². The number of aryl methyl sites for hydroxylation is 1. The van der Waals surface area contributed by atoms with Crippen molar-refractivity contribution >= 4 is 22.4 Å². The van der Waals surface area contributed by atoms with Crippen LogP contribution < -0.4 is 4.90 Å². The number of hydrogen-bond acceptors (Lipinski definition) is 6. The summed E-state index contributed by atoms with van der Waals surface area (Å²) in [7, 11) is 0. The van der Waals surface area contributed by atoms with Crippen molar-refractivity contribution < 1.29 is 14.6 Å². The number of β-amino-alcohol motifs (C(OH)–C–C–N with tert-alkyl or cyclic N) is 1. The van der Waals surface area contributed by atoms with Crippen LogP contribution in [0.1, 0.15) is 17.0 Å². The van der Waals surface area contributed by atoms with Gasteiger partial charge in [0, 0.05) is 43.4 Å². The number of rotatable bonds is 2. The fraction of sp³-hybridized carbons (Fsp3) is 0.733. The molecule has 4 rings (SSSR count). The van der Waals surface area contributed by atoms with Crippen LogP contribution in [0.25, 0.3) is 0 Å². The second kappa shape index (κ2) is 5.79. The summed E-state index contributed by atoms with van der Waals surface area (Å²) in [5, 5.41) is 10.4. The van der Waals surface area contributed by atoms with E-state index >= 15 is 0 Å². The van der Waals surface area contributed by atoms with Crippen molar-refractivity contribution in [2.45, 2.75) is 25.4 Å². The number of hydrogen-bond donors (Lipinski definition) is 1. The smallest absolute Gasteiger partial charge is 0.226 e. The van der Waals surface area contributed by atoms with Crippen LogP contribution in [-0.2, 0) is 22.4 Å². The Morgan fingerprint density at radius 1 is 1.32 bits per heavy atom. The van der Waals surface area contributed by atoms with E-state index < -0.39 is 0 Å². The van der Waals surface area contributed by atoms with E-state index in [1.165, 1.54) is 4.88 Å². The van der Waals surface area contributed by atoms with E-state index in [2.05, 4.69) is 4.90 Å². The minimum absolute atomic E-state index is 0.0413. The summed E-state index contributed by atoms with van der Waals surface area (Å²) in [5.41, 5.74) is 1.11. The lowest BCUT2D eigenvalue weighted by atomic mass is 9.89. The lowest BCUT2D eigenvalue weighted by molar-refractivity contribution is -0.146. The van der Waals surface area contributed by atoms with E-state index in [9.17, 15) is 9.90 Å². The number of aliphatic hydroxyl groups excluding tert-OH is 1. The van der Waals surface area contributed by atoms with E-state index in [0.717, 1.165) is 56.4 Å². The Hall–Kier alpha value is -1.18. The Morgan fingerprint density at radius 3 is 2.82 bits per heavy atom. The third-order valence-electron chi connectivity index (χ3n) is 4.73. The lowest BCUT2D eigenvalue weighted by Crippen LogP contribution is -2.55. The third kappa shape index (κ3) is 2.61. The Labute approximate surface area is 133 Å². The molecule has 0 radical (unpaired) electrons. The van der Waals surface area contributed by atoms with Crippen LogP contribution in [0.5, 0.6) is 0 Å². The number of anilines is 1. The number of thiazole rings is 1. The predicted octanol–water partition coefficient (Wildman–Crippen LogP) is 0.288. The molecule has 2 fully saturated rings. The quantitative estimate of drug-likeness (QED) is 0.847. The molecule has 2 aliphatic heterocycles. The van der Waals surface area contributed by atoms with Gasteiger partial charge in [-0.2, -0.15) is 0 Å². The third-order valence-corrected chi connectivity index (χ3v) is 5.95. The van der Waals surface area contributed by atoms with Gasteiger partial charge >= 0.3 is 0 Å². The van der Waals surface area contributed by atoms with Crippen LogP contribution in [0.4, 0.5) is 5.13 Å². The van der Waals surface area contributed by atoms with Crippen molar-refractivity contribution in [3.8, 4) is 0 Å². The summed E-state index contributed by atoms with van der Waals surface area (Å²) in [4.78, 5) is 22.6. The maximum atomic E-state index is 12.4. The first-order chi connectivity index (χ1) is 10.7. The first kappa shape index (κ1) is 14.4. The summed E-state index contributed by atoms with van der Waals surface area (Å²) >= 11 is 1.78. The van der Waals surface area contributed by atoms with Crippen molar-refractivity contribution in [2.24, 2.45) is 5.92 Å². The van der Waals surface area contributed by atoms with E-state index in [-0.39, 0.29) is 17.9 Å². The molecule has 1 atom stereocenters. The molecule has 1 aromatic rings. The average Bonchev–Trinajstić information content (AvgIpc) is 2.95. The van der Waals surface area contributed by atoms with E-state index in [1.54, 1.807) is 16.2 Å². The number of likely N-dealkylation sites (tertiary alicyclic amines) is 1. The summed E-state index contributed by atoms with van der Waals surface area (Å²) in [5.74, 6) is 0.233. The van der Waals surface area contributed by atoms with E-state index in [1.807, 2.05) is 0 Å². The van der Waals surface area contributed by atoms with Gasteiger partial charge in [0.25, 0.3) is 0 Å². The van der Waals surface area contributed by atoms with Gasteiger partial charge < -0.3 is 19.6 Å². The molecule has 3 heterocycles. The Kier molecular flexibility index (Phi) is 3.79. The number of aromatic nitrogens is 1. The molecule has 1 unspecified atom stereocenters. The molecule has 3 aliphatic rings. The van der Waals surface area contributed by atoms with Gasteiger partial charge in [-0.3, -0.25) is 4.79 Å². The lowest BCUT2D eigenvalue weighted by Gasteiger charge is -2.38. The number of aliphatic hydroxyl groups is 1. The van der Waals surface area contributed by atoms with Crippen molar-refractivity contribution in [3.63, 3.8) is 0 Å². The summed E-state index contributed by atoms with van der Waals surface area (Å²) < 4.78 is 5.39. The number of carbonyl (C=O) groups excluding carboxylic acids is 1. The number of nitrogens with zero attached hydrogens (tertiary/aromatic N) is 3. The van der Waals surface area contributed by atoms with Crippen molar-refractivity contribution in [1.82, 2.24) is 9.88 Å². The topological polar surface area (TPSA) is 65.9 Å². The highest BCUT2D eigenvalue weighted by molar-refractivity contribution is 7.15. The molecule has 22 heavy (non-hydrogen) atoms. The monoisotopic (exact) mass is 323 g/mol. The molecule has 0 saturated carbocycles. The SMILES string of the molecule is O=C(C1CCc2sc(N3CCOCC3)nc2C1)N1CC(O)C1. The Bertz CT molecular complexity index is 564. The first-order valence-corrected chi connectivity index (χ1v) is 8.80. The molecular weight excluding hydrogens is 302 g/mol. The molecular formula is C15H21N3O3S. The van der Waals surface area contributed by atoms with Crippen LogP contribution in [0.15, 0.2) is 0 Å². The number of morpholine rings is 1. The van der Waals surface area contributed by atoms with Gasteiger partial charge in [-0.25, -0.2) is 4.98 Å². The van der Waals surface area contributed by atoms with Gasteiger partial charge in [-0.1, -0.05) is 0 Å². The fourth-order valence-electron chi connectivity index (χ4n) is 3.36. The highest BCUT2D eigenvalue weighted by Gasteiger charge is 2.36. The molecule has 0 bridgehead atoms. The molecule has 1 amide bonds. The van der Waals surface area contributed by atoms with Gasteiger partial charge in [0.1, 0.15) is 0 Å². The minimum atomic E-state index is -0.324. The summed E-state index contributed by atoms with van der Waals surface area (Å²) in [6, 6.07) is 0. The van der Waals surface area contributed by atoms with Crippen molar-refractivity contribution in [1.29, 1.82) is 0 Å². The van der Waals surface area contributed by atoms with Crippen LogP contribution in [0.3, 0.4) is 0 Å². The zero-order valence-corrected chi connectivity index (χ0v) is 13.3. The maximum Gasteiger partial charge on any atom is 0.226 e. The second-order valence-electron chi connectivity index (χ2n) is 6.30. The fourth-order valence-corrected chi connectivity index (χ4v) is 4.51. The second-order valence-corrected chi connectivity index (χ2v) is 7.36. The van der Waals surface area contributed by atoms with Crippen molar-refractivity contribution in [2.75, 3.05) is 44.3 Å². The minimum Gasteiger partial charge on any atom is -0.389 e. The standard InChI is InChI=1S/C15H21N3O3S/c19-11-8-18(9-11)14(20)10-1-2-13-12(7-10)16-15(22-13)17-3-5-21-6-4-17/h10-11,19H,1-9H2. The maximum absolute atomic E-state index is 12.4. The summed E-state index contributed by atoms with van der Waals surface area (Å²) in [6.07, 6.45) is 2.28. The first-order valence-electron chi connectivity index (χ1n) is 7.99. The number of fused-ring (bicyclic) bond motifs is 1. The molecule has 7 heteroatoms. The molecule has 1 aliphatic carbocycles. The predicted molar refractivity (Wildman–Crippen MR) is 83.2 cm³/mol. The average molecular weight is 323 g/mol. The molecule has 1 aromatic heterocycles. The largest absolute Gasteiger partial charge is 0.389 e. The molecule has 120 valence electrons. The Morgan fingerprint density at radius 2 is 2.09 bits per heavy atom. The number of ether oxygens (including phenoxy) is 1. The number of amides is 1. The molecule has 6 nitrogen and oxygen atoms in total. The zero-order chi connectivity index (χ0) is 15.1. The van der Waals surface area contributed by atoms with Crippen LogP contribution >= 0.6 is 11.3 Å². The molecule has 0 aromatic carbocycles. The van der Waals surface area contributed by atoms with Gasteiger partial charge in [-0.05, 0) is 12.8 Å². The van der Waals surface area contributed by atoms with Crippen LogP contribution in [0.2, 0.25) is 0 Å². The van der Waals surface area contributed by atoms with Crippen LogP contribution in [0, 0.1) is 5.92 Å². The zero-order valence-electron chi connectivity index (χ0n) is 12.5. The van der Waals surface area contributed by atoms with Gasteiger partial charge in [0.2, 0.25) is 5.91 Å². The van der Waals surface area contributed by atoms with Gasteiger partial charge in [-0.15, -0.1) is 11.3 Å². The van der Waals surface area contributed by atoms with Gasteiger partial charge in [0.15, 0.2) is 5.13 Å². The molecule has 2 saturated heterocycles. The molecule has 0 spiro atoms. The van der Waals surface area contributed by atoms with Crippen LogP contribution in [-0.4, -0.2) is 66.4 Å². The number of carbonyl (C=O) groups is 1. The van der Waals surface area contributed by atoms with E-state index in [4.69, 9.17) is 9.72 Å². The normalized spacial score (nSPS) is 25.8. The molecule has 1 N–H and O–H groups in total. The summed E-state index contributed by atoms with van der Waals surface area (Å²) in [6.45, 7) is 4.34. The van der Waals surface area contributed by atoms with Crippen molar-refractivity contribution in [3.05, 3.63) is 10.6 Å². The highest BCUT2D eigenvalue weighted by atomic mass is 32.1. The van der Waals surface area contributed by atoms with Gasteiger partial charge in [0.05, 0.1) is 25.0 Å².